The van der Waals surface area contributed by atoms with E-state index in [1.54, 1.807) is 13.0 Å². The van der Waals surface area contributed by atoms with Gasteiger partial charge in [0, 0.05) is 5.56 Å². The highest BCUT2D eigenvalue weighted by atomic mass is 35.5. The molecule has 1 aromatic carbocycles. The Morgan fingerprint density at radius 2 is 2.06 bits per heavy atom. The van der Waals surface area contributed by atoms with Crippen LogP contribution in [0.1, 0.15) is 5.69 Å². The molecule has 1 aromatic heterocycles. The number of aromatic nitrogens is 2. The van der Waals surface area contributed by atoms with Gasteiger partial charge >= 0.3 is 0 Å². The van der Waals surface area contributed by atoms with Crippen molar-refractivity contribution < 1.29 is 4.39 Å². The molecule has 1 heterocycles. The van der Waals surface area contributed by atoms with Crippen LogP contribution >= 0.6 is 11.6 Å². The predicted octanol–water partition coefficient (Wildman–Crippen LogP) is 2.54. The highest BCUT2D eigenvalue weighted by molar-refractivity contribution is 6.33. The lowest BCUT2D eigenvalue weighted by molar-refractivity contribution is 0.628. The van der Waals surface area contributed by atoms with Crippen molar-refractivity contribution in [2.24, 2.45) is 0 Å². The van der Waals surface area contributed by atoms with Crippen LogP contribution in [0.25, 0.3) is 11.1 Å². The number of halogens is 2. The highest BCUT2D eigenvalue weighted by Gasteiger charge is 2.09. The number of benzene rings is 1. The fourth-order valence-electron chi connectivity index (χ4n) is 1.41. The maximum absolute atomic E-state index is 12.9. The maximum Gasteiger partial charge on any atom is 0.272 e. The van der Waals surface area contributed by atoms with E-state index in [1.165, 1.54) is 18.2 Å². The number of aryl methyl sites for hydroxylation is 1. The fourth-order valence-corrected chi connectivity index (χ4v) is 1.68. The van der Waals surface area contributed by atoms with E-state index in [4.69, 9.17) is 11.6 Å². The molecule has 3 nitrogen and oxygen atoms in total. The summed E-state index contributed by atoms with van der Waals surface area (Å²) in [5.41, 5.74) is 1.20. The van der Waals surface area contributed by atoms with Crippen molar-refractivity contribution in [3.8, 4) is 11.1 Å². The first kappa shape index (κ1) is 10.8. The average Bonchev–Trinajstić information content (AvgIpc) is 2.22. The van der Waals surface area contributed by atoms with E-state index in [0.717, 1.165) is 0 Å². The van der Waals surface area contributed by atoms with E-state index in [-0.39, 0.29) is 10.6 Å². The minimum atomic E-state index is -0.434. The summed E-state index contributed by atoms with van der Waals surface area (Å²) in [4.78, 5) is 11.5. The summed E-state index contributed by atoms with van der Waals surface area (Å²) < 4.78 is 12.9. The second-order valence-corrected chi connectivity index (χ2v) is 3.78. The molecule has 0 aliphatic carbocycles. The molecule has 0 unspecified atom stereocenters. The van der Waals surface area contributed by atoms with Crippen LogP contribution in [-0.2, 0) is 0 Å². The largest absolute Gasteiger partial charge is 0.272 e. The van der Waals surface area contributed by atoms with Gasteiger partial charge in [-0.3, -0.25) is 4.79 Å². The molecule has 0 radical (unpaired) electrons. The summed E-state index contributed by atoms with van der Waals surface area (Å²) in [6.45, 7) is 1.75. The Hall–Kier alpha value is -1.68. The molecule has 16 heavy (non-hydrogen) atoms. The molecule has 0 saturated carbocycles. The summed E-state index contributed by atoms with van der Waals surface area (Å²) in [6.07, 6.45) is 0. The summed E-state index contributed by atoms with van der Waals surface area (Å²) >= 11 is 5.88. The van der Waals surface area contributed by atoms with E-state index in [0.29, 0.717) is 16.8 Å². The smallest absolute Gasteiger partial charge is 0.267 e. The fraction of sp³-hybridized carbons (Fsp3) is 0.0909. The van der Waals surface area contributed by atoms with E-state index in [1.807, 2.05) is 0 Å². The van der Waals surface area contributed by atoms with Crippen LogP contribution in [0.15, 0.2) is 29.1 Å². The number of hydrogen-bond donors (Lipinski definition) is 1. The zero-order valence-corrected chi connectivity index (χ0v) is 9.18. The van der Waals surface area contributed by atoms with E-state index in [2.05, 4.69) is 10.2 Å². The quantitative estimate of drug-likeness (QED) is 0.830. The number of rotatable bonds is 1. The van der Waals surface area contributed by atoms with Crippen LogP contribution in [0, 0.1) is 12.7 Å². The molecule has 0 fully saturated rings. The van der Waals surface area contributed by atoms with Crippen LogP contribution < -0.4 is 5.56 Å². The Kier molecular flexibility index (Phi) is 2.75. The van der Waals surface area contributed by atoms with E-state index < -0.39 is 5.82 Å². The first-order chi connectivity index (χ1) is 7.58. The second-order valence-electron chi connectivity index (χ2n) is 3.38. The molecule has 82 valence electrons. The van der Waals surface area contributed by atoms with Gasteiger partial charge in [-0.15, -0.1) is 0 Å². The third kappa shape index (κ3) is 1.97. The molecule has 0 atom stereocenters. The third-order valence-corrected chi connectivity index (χ3v) is 2.47. The summed E-state index contributed by atoms with van der Waals surface area (Å²) in [7, 11) is 0. The molecule has 2 aromatic rings. The van der Waals surface area contributed by atoms with E-state index in [9.17, 15) is 9.18 Å². The Morgan fingerprint density at radius 1 is 1.31 bits per heavy atom. The predicted molar refractivity (Wildman–Crippen MR) is 60.0 cm³/mol. The molecule has 0 amide bonds. The van der Waals surface area contributed by atoms with E-state index >= 15 is 0 Å². The molecule has 0 bridgehead atoms. The number of nitrogens with one attached hydrogen (secondary N) is 1. The minimum Gasteiger partial charge on any atom is -0.267 e. The molecule has 0 spiro atoms. The van der Waals surface area contributed by atoms with Gasteiger partial charge in [-0.25, -0.2) is 9.49 Å². The number of H-pyrrole nitrogens is 1. The van der Waals surface area contributed by atoms with Crippen molar-refractivity contribution in [2.75, 3.05) is 0 Å². The van der Waals surface area contributed by atoms with Crippen molar-refractivity contribution in [3.63, 3.8) is 0 Å². The lowest BCUT2D eigenvalue weighted by Gasteiger charge is -2.03. The molecular formula is C11H8ClFN2O. The average molecular weight is 239 g/mol. The lowest BCUT2D eigenvalue weighted by atomic mass is 10.1. The number of aromatic amines is 1. The van der Waals surface area contributed by atoms with Gasteiger partial charge in [-0.1, -0.05) is 11.6 Å². The molecule has 2 rings (SSSR count). The van der Waals surface area contributed by atoms with Crippen LogP contribution in [0.2, 0.25) is 5.02 Å². The van der Waals surface area contributed by atoms with Gasteiger partial charge in [0.25, 0.3) is 5.56 Å². The Morgan fingerprint density at radius 3 is 2.75 bits per heavy atom. The normalized spacial score (nSPS) is 10.4. The molecule has 1 N–H and O–H groups in total. The lowest BCUT2D eigenvalue weighted by Crippen LogP contribution is -2.11. The van der Waals surface area contributed by atoms with Gasteiger partial charge < -0.3 is 0 Å². The molecule has 0 aliphatic heterocycles. The highest BCUT2D eigenvalue weighted by Crippen LogP contribution is 2.25. The van der Waals surface area contributed by atoms with Gasteiger partial charge in [-0.05, 0) is 31.2 Å². The SMILES string of the molecule is Cc1cc(-c2ccc(F)cc2Cl)c(=O)[nH]n1. The first-order valence-corrected chi connectivity index (χ1v) is 4.97. The maximum atomic E-state index is 12.9. The van der Waals surface area contributed by atoms with Crippen LogP contribution in [0.5, 0.6) is 0 Å². The third-order valence-electron chi connectivity index (χ3n) is 2.15. The standard InChI is InChI=1S/C11H8ClFN2O/c1-6-4-9(11(16)15-14-6)8-3-2-7(13)5-10(8)12/h2-5H,1H3,(H,15,16). The van der Waals surface area contributed by atoms with Crippen molar-refractivity contribution in [1.29, 1.82) is 0 Å². The van der Waals surface area contributed by atoms with Crippen molar-refractivity contribution in [2.45, 2.75) is 6.92 Å². The van der Waals surface area contributed by atoms with Crippen LogP contribution in [0.4, 0.5) is 4.39 Å². The molecular weight excluding hydrogens is 231 g/mol. The summed E-state index contributed by atoms with van der Waals surface area (Å²) in [5, 5.41) is 6.31. The molecule has 0 aliphatic rings. The molecule has 0 saturated heterocycles. The first-order valence-electron chi connectivity index (χ1n) is 4.59. The van der Waals surface area contributed by atoms with Gasteiger partial charge in [0.2, 0.25) is 0 Å². The topological polar surface area (TPSA) is 45.8 Å². The Bertz CT molecular complexity index is 595. The van der Waals surface area contributed by atoms with Crippen molar-refractivity contribution in [1.82, 2.24) is 10.2 Å². The minimum absolute atomic E-state index is 0.205. The second kappa shape index (κ2) is 4.06. The van der Waals surface area contributed by atoms with Crippen LogP contribution in [-0.4, -0.2) is 10.2 Å². The van der Waals surface area contributed by atoms with Gasteiger partial charge in [0.15, 0.2) is 0 Å². The van der Waals surface area contributed by atoms with Crippen LogP contribution in [0.3, 0.4) is 0 Å². The van der Waals surface area contributed by atoms with Gasteiger partial charge in [0.05, 0.1) is 16.3 Å². The Labute approximate surface area is 95.9 Å². The zero-order chi connectivity index (χ0) is 11.7. The van der Waals surface area contributed by atoms with Crippen molar-refractivity contribution >= 4 is 11.6 Å². The summed E-state index contributed by atoms with van der Waals surface area (Å²) in [5.74, 6) is -0.434. The Balaban J connectivity index is 2.67. The van der Waals surface area contributed by atoms with Gasteiger partial charge in [-0.2, -0.15) is 5.10 Å². The monoisotopic (exact) mass is 238 g/mol. The summed E-state index contributed by atoms with van der Waals surface area (Å²) in [6, 6.07) is 5.52. The molecule has 5 heteroatoms. The van der Waals surface area contributed by atoms with Gasteiger partial charge in [0.1, 0.15) is 5.82 Å². The number of hydrogen-bond acceptors (Lipinski definition) is 2. The zero-order valence-electron chi connectivity index (χ0n) is 8.42. The van der Waals surface area contributed by atoms with Crippen molar-refractivity contribution in [3.05, 3.63) is 51.2 Å². The number of nitrogens with zero attached hydrogens (tertiary/aromatic N) is 1.